The van der Waals surface area contributed by atoms with Gasteiger partial charge in [-0.25, -0.2) is 0 Å². The number of nitrogens with two attached hydrogens (primary N) is 1. The van der Waals surface area contributed by atoms with Gasteiger partial charge in [0.1, 0.15) is 0 Å². The van der Waals surface area contributed by atoms with Crippen molar-refractivity contribution in [2.75, 3.05) is 0 Å². The van der Waals surface area contributed by atoms with Gasteiger partial charge in [0.25, 0.3) is 0 Å². The second kappa shape index (κ2) is 5.78. The molecule has 0 saturated carbocycles. The Morgan fingerprint density at radius 2 is 2.00 bits per heavy atom. The van der Waals surface area contributed by atoms with Gasteiger partial charge in [-0.2, -0.15) is 0 Å². The number of rotatable bonds is 5. The third-order valence-electron chi connectivity index (χ3n) is 3.13. The molecule has 0 unspecified atom stereocenters. The monoisotopic (exact) mass is 228 g/mol. The van der Waals surface area contributed by atoms with E-state index in [0.717, 1.165) is 11.9 Å². The van der Waals surface area contributed by atoms with E-state index in [1.54, 1.807) is 0 Å². The molecule has 0 aliphatic carbocycles. The minimum Gasteiger partial charge on any atom is -0.326 e. The minimum absolute atomic E-state index is 0.583. The van der Waals surface area contributed by atoms with Crippen molar-refractivity contribution in [2.24, 2.45) is 5.73 Å². The maximum absolute atomic E-state index is 5.81. The van der Waals surface area contributed by atoms with Crippen LogP contribution in [0.25, 0.3) is 10.9 Å². The van der Waals surface area contributed by atoms with Gasteiger partial charge in [0.2, 0.25) is 0 Å². The van der Waals surface area contributed by atoms with E-state index in [4.69, 9.17) is 10.7 Å². The number of fused-ring (bicyclic) bond motifs is 1. The van der Waals surface area contributed by atoms with Crippen molar-refractivity contribution in [2.45, 2.75) is 39.2 Å². The minimum atomic E-state index is 0.583. The number of aromatic nitrogens is 1. The Kier molecular flexibility index (Phi) is 4.10. The van der Waals surface area contributed by atoms with E-state index in [2.05, 4.69) is 25.1 Å². The van der Waals surface area contributed by atoms with Crippen molar-refractivity contribution >= 4 is 10.9 Å². The van der Waals surface area contributed by atoms with Crippen LogP contribution in [-0.2, 0) is 13.0 Å². The van der Waals surface area contributed by atoms with Gasteiger partial charge in [-0.05, 0) is 30.5 Å². The van der Waals surface area contributed by atoms with Gasteiger partial charge in [0, 0.05) is 17.6 Å². The molecule has 0 aliphatic rings. The average Bonchev–Trinajstić information content (AvgIpc) is 2.38. The smallest absolute Gasteiger partial charge is 0.0705 e. The Labute approximate surface area is 103 Å². The summed E-state index contributed by atoms with van der Waals surface area (Å²) in [5.41, 5.74) is 9.26. The molecule has 90 valence electrons. The molecule has 2 rings (SSSR count). The molecule has 0 atom stereocenters. The Bertz CT molecular complexity index is 491. The lowest BCUT2D eigenvalue weighted by Crippen LogP contribution is -2.04. The van der Waals surface area contributed by atoms with Crippen molar-refractivity contribution in [3.05, 3.63) is 41.6 Å². The molecular formula is C15H20N2. The molecule has 17 heavy (non-hydrogen) atoms. The zero-order chi connectivity index (χ0) is 12.1. The third-order valence-corrected chi connectivity index (χ3v) is 3.13. The number of nitrogens with zero attached hydrogens (tertiary/aromatic N) is 1. The summed E-state index contributed by atoms with van der Waals surface area (Å²) in [7, 11) is 0. The van der Waals surface area contributed by atoms with Gasteiger partial charge in [0.15, 0.2) is 0 Å². The van der Waals surface area contributed by atoms with E-state index in [-0.39, 0.29) is 0 Å². The fraction of sp³-hybridized carbons (Fsp3) is 0.400. The van der Waals surface area contributed by atoms with Crippen LogP contribution in [0, 0.1) is 0 Å². The van der Waals surface area contributed by atoms with Gasteiger partial charge in [-0.1, -0.05) is 38.0 Å². The highest BCUT2D eigenvalue weighted by atomic mass is 14.7. The van der Waals surface area contributed by atoms with Crippen molar-refractivity contribution < 1.29 is 0 Å². The lowest BCUT2D eigenvalue weighted by molar-refractivity contribution is 0.703. The normalized spacial score (nSPS) is 10.9. The molecule has 0 radical (unpaired) electrons. The number of benzene rings is 1. The SMILES string of the molecule is CCCCCc1nc2ccccc2cc1CN. The summed E-state index contributed by atoms with van der Waals surface area (Å²) in [6.45, 7) is 2.80. The summed E-state index contributed by atoms with van der Waals surface area (Å²) in [5, 5.41) is 1.19. The lowest BCUT2D eigenvalue weighted by Gasteiger charge is -2.08. The number of aryl methyl sites for hydroxylation is 1. The Hall–Kier alpha value is -1.41. The summed E-state index contributed by atoms with van der Waals surface area (Å²) >= 11 is 0. The number of hydrogen-bond acceptors (Lipinski definition) is 2. The van der Waals surface area contributed by atoms with Gasteiger partial charge < -0.3 is 5.73 Å². The Morgan fingerprint density at radius 1 is 1.18 bits per heavy atom. The van der Waals surface area contributed by atoms with Crippen LogP contribution in [0.2, 0.25) is 0 Å². The van der Waals surface area contributed by atoms with Crippen LogP contribution in [0.4, 0.5) is 0 Å². The zero-order valence-corrected chi connectivity index (χ0v) is 10.4. The zero-order valence-electron chi connectivity index (χ0n) is 10.4. The van der Waals surface area contributed by atoms with Gasteiger partial charge in [0.05, 0.1) is 5.52 Å². The standard InChI is InChI=1S/C15H20N2/c1-2-3-4-8-15-13(11-16)10-12-7-5-6-9-14(12)17-15/h5-7,9-10H,2-4,8,11,16H2,1H3. The topological polar surface area (TPSA) is 38.9 Å². The van der Waals surface area contributed by atoms with Crippen LogP contribution in [-0.4, -0.2) is 4.98 Å². The first-order valence-electron chi connectivity index (χ1n) is 6.42. The second-order valence-corrected chi connectivity index (χ2v) is 4.45. The first-order chi connectivity index (χ1) is 8.35. The largest absolute Gasteiger partial charge is 0.326 e. The van der Waals surface area contributed by atoms with Crippen LogP contribution in [0.15, 0.2) is 30.3 Å². The number of para-hydroxylation sites is 1. The molecule has 2 N–H and O–H groups in total. The van der Waals surface area contributed by atoms with Gasteiger partial charge >= 0.3 is 0 Å². The average molecular weight is 228 g/mol. The molecule has 2 heteroatoms. The maximum atomic E-state index is 5.81. The highest BCUT2D eigenvalue weighted by Gasteiger charge is 2.05. The number of unbranched alkanes of at least 4 members (excludes halogenated alkanes) is 2. The van der Waals surface area contributed by atoms with Gasteiger partial charge in [-0.15, -0.1) is 0 Å². The van der Waals surface area contributed by atoms with E-state index in [9.17, 15) is 0 Å². The van der Waals surface area contributed by atoms with E-state index < -0.39 is 0 Å². The molecule has 0 saturated heterocycles. The molecule has 1 aromatic carbocycles. The van der Waals surface area contributed by atoms with Crippen LogP contribution in [0.3, 0.4) is 0 Å². The molecule has 0 bridgehead atoms. The second-order valence-electron chi connectivity index (χ2n) is 4.45. The molecule has 0 spiro atoms. The molecule has 1 aromatic heterocycles. The Balaban J connectivity index is 2.32. The van der Waals surface area contributed by atoms with Crippen molar-refractivity contribution in [3.63, 3.8) is 0 Å². The summed E-state index contributed by atoms with van der Waals surface area (Å²) in [5.74, 6) is 0. The molecule has 2 nitrogen and oxygen atoms in total. The van der Waals surface area contributed by atoms with Crippen LogP contribution in [0.5, 0.6) is 0 Å². The summed E-state index contributed by atoms with van der Waals surface area (Å²) in [4.78, 5) is 4.74. The first-order valence-corrected chi connectivity index (χ1v) is 6.42. The van der Waals surface area contributed by atoms with Crippen LogP contribution in [0.1, 0.15) is 37.4 Å². The van der Waals surface area contributed by atoms with Crippen molar-refractivity contribution in [1.82, 2.24) is 4.98 Å². The molecule has 1 heterocycles. The molecular weight excluding hydrogens is 208 g/mol. The number of hydrogen-bond donors (Lipinski definition) is 1. The highest BCUT2D eigenvalue weighted by Crippen LogP contribution is 2.18. The fourth-order valence-corrected chi connectivity index (χ4v) is 2.14. The first kappa shape index (κ1) is 12.1. The number of pyridine rings is 1. The lowest BCUT2D eigenvalue weighted by atomic mass is 10.0. The van der Waals surface area contributed by atoms with Crippen LogP contribution < -0.4 is 5.73 Å². The van der Waals surface area contributed by atoms with Crippen molar-refractivity contribution in [3.8, 4) is 0 Å². The predicted octanol–water partition coefficient (Wildman–Crippen LogP) is 3.43. The molecule has 0 aliphatic heterocycles. The van der Waals surface area contributed by atoms with Gasteiger partial charge in [-0.3, -0.25) is 4.98 Å². The van der Waals surface area contributed by atoms with E-state index in [1.807, 2.05) is 12.1 Å². The quantitative estimate of drug-likeness (QED) is 0.796. The molecule has 2 aromatic rings. The fourth-order valence-electron chi connectivity index (χ4n) is 2.14. The van der Waals surface area contributed by atoms with E-state index >= 15 is 0 Å². The predicted molar refractivity (Wildman–Crippen MR) is 72.9 cm³/mol. The Morgan fingerprint density at radius 3 is 2.76 bits per heavy atom. The molecule has 0 amide bonds. The van der Waals surface area contributed by atoms with Crippen molar-refractivity contribution in [1.29, 1.82) is 0 Å². The maximum Gasteiger partial charge on any atom is 0.0705 e. The third kappa shape index (κ3) is 2.83. The summed E-state index contributed by atoms with van der Waals surface area (Å²) < 4.78 is 0. The highest BCUT2D eigenvalue weighted by molar-refractivity contribution is 5.79. The summed E-state index contributed by atoms with van der Waals surface area (Å²) in [6.07, 6.45) is 4.75. The van der Waals surface area contributed by atoms with E-state index in [0.29, 0.717) is 6.54 Å². The van der Waals surface area contributed by atoms with E-state index in [1.165, 1.54) is 35.9 Å². The summed E-state index contributed by atoms with van der Waals surface area (Å²) in [6, 6.07) is 10.4. The van der Waals surface area contributed by atoms with Crippen LogP contribution >= 0.6 is 0 Å². The molecule has 0 fully saturated rings.